The SMILES string of the molecule is CC(=O)N(C)CCC(=O)NCc1ccccc1. The summed E-state index contributed by atoms with van der Waals surface area (Å²) in [6, 6.07) is 9.73. The number of rotatable bonds is 5. The monoisotopic (exact) mass is 234 g/mol. The molecule has 0 atom stereocenters. The number of amides is 2. The summed E-state index contributed by atoms with van der Waals surface area (Å²) in [5, 5.41) is 2.82. The first-order valence-corrected chi connectivity index (χ1v) is 5.62. The highest BCUT2D eigenvalue weighted by atomic mass is 16.2. The van der Waals surface area contributed by atoms with Crippen molar-refractivity contribution in [3.8, 4) is 0 Å². The standard InChI is InChI=1S/C13H18N2O2/c1-11(16)15(2)9-8-13(17)14-10-12-6-4-3-5-7-12/h3-7H,8-10H2,1-2H3,(H,14,17). The van der Waals surface area contributed by atoms with Crippen LogP contribution >= 0.6 is 0 Å². The largest absolute Gasteiger partial charge is 0.352 e. The van der Waals surface area contributed by atoms with Crippen molar-refractivity contribution in [2.24, 2.45) is 0 Å². The summed E-state index contributed by atoms with van der Waals surface area (Å²) in [5.74, 6) is -0.0668. The molecule has 4 nitrogen and oxygen atoms in total. The van der Waals surface area contributed by atoms with Gasteiger partial charge >= 0.3 is 0 Å². The Kier molecular flexibility index (Phi) is 5.20. The van der Waals surface area contributed by atoms with Gasteiger partial charge in [-0.15, -0.1) is 0 Å². The van der Waals surface area contributed by atoms with Gasteiger partial charge in [0.2, 0.25) is 11.8 Å². The third-order valence-corrected chi connectivity index (χ3v) is 2.54. The molecule has 0 aliphatic heterocycles. The topological polar surface area (TPSA) is 49.4 Å². The molecular weight excluding hydrogens is 216 g/mol. The molecule has 1 aromatic carbocycles. The van der Waals surface area contributed by atoms with Crippen LogP contribution in [0.2, 0.25) is 0 Å². The molecule has 0 aliphatic carbocycles. The van der Waals surface area contributed by atoms with Gasteiger partial charge in [0.1, 0.15) is 0 Å². The Morgan fingerprint density at radius 2 is 1.88 bits per heavy atom. The average Bonchev–Trinajstić information content (AvgIpc) is 2.34. The van der Waals surface area contributed by atoms with Gasteiger partial charge in [0, 0.05) is 33.5 Å². The molecule has 0 spiro atoms. The second-order valence-electron chi connectivity index (χ2n) is 3.95. The Morgan fingerprint density at radius 1 is 1.24 bits per heavy atom. The molecule has 0 radical (unpaired) electrons. The fourth-order valence-electron chi connectivity index (χ4n) is 1.31. The van der Waals surface area contributed by atoms with E-state index in [0.29, 0.717) is 19.5 Å². The minimum atomic E-state index is -0.0399. The van der Waals surface area contributed by atoms with Crippen molar-refractivity contribution in [2.75, 3.05) is 13.6 Å². The van der Waals surface area contributed by atoms with E-state index in [0.717, 1.165) is 5.56 Å². The number of hydrogen-bond acceptors (Lipinski definition) is 2. The second kappa shape index (κ2) is 6.68. The van der Waals surface area contributed by atoms with Crippen LogP contribution < -0.4 is 5.32 Å². The first-order valence-electron chi connectivity index (χ1n) is 5.62. The zero-order valence-corrected chi connectivity index (χ0v) is 10.3. The van der Waals surface area contributed by atoms with E-state index < -0.39 is 0 Å². The molecule has 0 saturated heterocycles. The Hall–Kier alpha value is -1.84. The maximum atomic E-state index is 11.5. The Bertz CT molecular complexity index is 376. The maximum Gasteiger partial charge on any atom is 0.222 e. The lowest BCUT2D eigenvalue weighted by atomic mass is 10.2. The lowest BCUT2D eigenvalue weighted by molar-refractivity contribution is -0.128. The van der Waals surface area contributed by atoms with Crippen molar-refractivity contribution in [3.05, 3.63) is 35.9 Å². The highest BCUT2D eigenvalue weighted by Gasteiger charge is 2.06. The second-order valence-corrected chi connectivity index (χ2v) is 3.95. The molecule has 0 fully saturated rings. The number of benzene rings is 1. The van der Waals surface area contributed by atoms with E-state index in [2.05, 4.69) is 5.32 Å². The molecule has 2 amide bonds. The number of carbonyl (C=O) groups is 2. The molecule has 17 heavy (non-hydrogen) atoms. The Morgan fingerprint density at radius 3 is 2.47 bits per heavy atom. The zero-order valence-electron chi connectivity index (χ0n) is 10.3. The molecular formula is C13H18N2O2. The Balaban J connectivity index is 2.24. The molecule has 0 aromatic heterocycles. The normalized spacial score (nSPS) is 9.76. The van der Waals surface area contributed by atoms with Crippen LogP contribution in [-0.4, -0.2) is 30.3 Å². The lowest BCUT2D eigenvalue weighted by Gasteiger charge is -2.14. The van der Waals surface area contributed by atoms with Crippen LogP contribution in [0.1, 0.15) is 18.9 Å². The summed E-state index contributed by atoms with van der Waals surface area (Å²) in [4.78, 5) is 24.0. The number of nitrogens with one attached hydrogen (secondary N) is 1. The molecule has 1 aromatic rings. The van der Waals surface area contributed by atoms with E-state index in [4.69, 9.17) is 0 Å². The van der Waals surface area contributed by atoms with E-state index in [-0.39, 0.29) is 11.8 Å². The van der Waals surface area contributed by atoms with Gasteiger partial charge in [-0.05, 0) is 5.56 Å². The highest BCUT2D eigenvalue weighted by Crippen LogP contribution is 1.97. The van der Waals surface area contributed by atoms with Crippen molar-refractivity contribution in [1.82, 2.24) is 10.2 Å². The van der Waals surface area contributed by atoms with Crippen LogP contribution in [0.15, 0.2) is 30.3 Å². The van der Waals surface area contributed by atoms with Gasteiger partial charge in [-0.25, -0.2) is 0 Å². The number of hydrogen-bond donors (Lipinski definition) is 1. The molecule has 1 N–H and O–H groups in total. The molecule has 92 valence electrons. The molecule has 4 heteroatoms. The van der Waals surface area contributed by atoms with E-state index in [1.807, 2.05) is 30.3 Å². The van der Waals surface area contributed by atoms with E-state index in [9.17, 15) is 9.59 Å². The third kappa shape index (κ3) is 5.15. The van der Waals surface area contributed by atoms with Crippen LogP contribution in [0.4, 0.5) is 0 Å². The zero-order chi connectivity index (χ0) is 12.7. The molecule has 1 rings (SSSR count). The summed E-state index contributed by atoms with van der Waals surface area (Å²) in [6.45, 7) is 2.47. The minimum absolute atomic E-state index is 0.0270. The summed E-state index contributed by atoms with van der Waals surface area (Å²) in [6.07, 6.45) is 0.336. The van der Waals surface area contributed by atoms with Gasteiger partial charge in [0.05, 0.1) is 0 Å². The van der Waals surface area contributed by atoms with E-state index in [1.54, 1.807) is 7.05 Å². The molecule has 0 bridgehead atoms. The molecule has 0 heterocycles. The lowest BCUT2D eigenvalue weighted by Crippen LogP contribution is -2.30. The molecule has 0 saturated carbocycles. The summed E-state index contributed by atoms with van der Waals surface area (Å²) < 4.78 is 0. The van der Waals surface area contributed by atoms with Gasteiger partial charge in [0.25, 0.3) is 0 Å². The summed E-state index contributed by atoms with van der Waals surface area (Å²) in [7, 11) is 1.69. The quantitative estimate of drug-likeness (QED) is 0.831. The van der Waals surface area contributed by atoms with Crippen molar-refractivity contribution in [2.45, 2.75) is 19.9 Å². The van der Waals surface area contributed by atoms with Crippen LogP contribution in [-0.2, 0) is 16.1 Å². The number of carbonyl (C=O) groups excluding carboxylic acids is 2. The third-order valence-electron chi connectivity index (χ3n) is 2.54. The Labute approximate surface area is 102 Å². The van der Waals surface area contributed by atoms with Crippen LogP contribution in [0.25, 0.3) is 0 Å². The van der Waals surface area contributed by atoms with Gasteiger partial charge in [-0.3, -0.25) is 9.59 Å². The fourth-order valence-corrected chi connectivity index (χ4v) is 1.31. The molecule has 0 aliphatic rings. The maximum absolute atomic E-state index is 11.5. The van der Waals surface area contributed by atoms with Gasteiger partial charge in [-0.1, -0.05) is 30.3 Å². The van der Waals surface area contributed by atoms with Crippen molar-refractivity contribution < 1.29 is 9.59 Å². The van der Waals surface area contributed by atoms with Crippen LogP contribution in [0.5, 0.6) is 0 Å². The van der Waals surface area contributed by atoms with Crippen LogP contribution in [0, 0.1) is 0 Å². The van der Waals surface area contributed by atoms with Gasteiger partial charge in [-0.2, -0.15) is 0 Å². The van der Waals surface area contributed by atoms with Gasteiger partial charge in [0.15, 0.2) is 0 Å². The summed E-state index contributed by atoms with van der Waals surface area (Å²) >= 11 is 0. The van der Waals surface area contributed by atoms with Crippen LogP contribution in [0.3, 0.4) is 0 Å². The predicted octanol–water partition coefficient (Wildman–Crippen LogP) is 1.17. The first-order chi connectivity index (χ1) is 8.09. The van der Waals surface area contributed by atoms with E-state index in [1.165, 1.54) is 11.8 Å². The van der Waals surface area contributed by atoms with Crippen molar-refractivity contribution in [1.29, 1.82) is 0 Å². The molecule has 0 unspecified atom stereocenters. The first kappa shape index (κ1) is 13.2. The smallest absolute Gasteiger partial charge is 0.222 e. The van der Waals surface area contributed by atoms with Crippen molar-refractivity contribution >= 4 is 11.8 Å². The van der Waals surface area contributed by atoms with Crippen molar-refractivity contribution in [3.63, 3.8) is 0 Å². The van der Waals surface area contributed by atoms with Gasteiger partial charge < -0.3 is 10.2 Å². The highest BCUT2D eigenvalue weighted by molar-refractivity contribution is 5.77. The summed E-state index contributed by atoms with van der Waals surface area (Å²) in [5.41, 5.74) is 1.07. The minimum Gasteiger partial charge on any atom is -0.352 e. The predicted molar refractivity (Wildman–Crippen MR) is 66.2 cm³/mol. The number of nitrogens with zero attached hydrogens (tertiary/aromatic N) is 1. The fraction of sp³-hybridized carbons (Fsp3) is 0.385. The average molecular weight is 234 g/mol. The van der Waals surface area contributed by atoms with E-state index >= 15 is 0 Å².